The van der Waals surface area contributed by atoms with Crippen LogP contribution in [0.4, 0.5) is 8.78 Å². The Kier molecular flexibility index (Phi) is 8.28. The fraction of sp³-hybridized carbons (Fsp3) is 0.632. The smallest absolute Gasteiger partial charge is 0.318 e. The first-order valence-corrected chi connectivity index (χ1v) is 8.81. The number of carbonyl (C=O) groups is 1. The Morgan fingerprint density at radius 2 is 1.64 bits per heavy atom. The molecule has 1 aliphatic heterocycles. The molecule has 1 saturated heterocycles. The first-order valence-electron chi connectivity index (χ1n) is 8.81. The van der Waals surface area contributed by atoms with Gasteiger partial charge in [-0.1, -0.05) is 18.2 Å². The van der Waals surface area contributed by atoms with Crippen LogP contribution in [0.25, 0.3) is 0 Å². The third-order valence-electron chi connectivity index (χ3n) is 4.57. The molecule has 6 heteroatoms. The molecule has 0 unspecified atom stereocenters. The summed E-state index contributed by atoms with van der Waals surface area (Å²) in [4.78, 5) is 11.5. The van der Waals surface area contributed by atoms with Gasteiger partial charge in [0.05, 0.1) is 13.2 Å². The van der Waals surface area contributed by atoms with Crippen molar-refractivity contribution in [2.24, 2.45) is 17.8 Å². The van der Waals surface area contributed by atoms with Crippen LogP contribution >= 0.6 is 0 Å². The Morgan fingerprint density at radius 1 is 1.04 bits per heavy atom. The van der Waals surface area contributed by atoms with Crippen LogP contribution in [0.2, 0.25) is 0 Å². The van der Waals surface area contributed by atoms with Gasteiger partial charge < -0.3 is 14.2 Å². The van der Waals surface area contributed by atoms with Gasteiger partial charge in [0.2, 0.25) is 0 Å². The molecule has 4 nitrogen and oxygen atoms in total. The Hall–Kier alpha value is -1.53. The van der Waals surface area contributed by atoms with E-state index in [0.29, 0.717) is 31.1 Å². The van der Waals surface area contributed by atoms with Gasteiger partial charge in [0.15, 0.2) is 0 Å². The van der Waals surface area contributed by atoms with Crippen molar-refractivity contribution in [1.82, 2.24) is 0 Å². The maximum atomic E-state index is 11.9. The second-order valence-electron chi connectivity index (χ2n) is 6.53. The quantitative estimate of drug-likeness (QED) is 0.494. The van der Waals surface area contributed by atoms with E-state index in [1.54, 1.807) is 0 Å². The maximum absolute atomic E-state index is 11.9. The average Bonchev–Trinajstić information content (AvgIpc) is 2.61. The lowest BCUT2D eigenvalue weighted by atomic mass is 9.81. The molecule has 2 aliphatic rings. The number of ether oxygens (including phenoxy) is 3. The molecular weight excluding hydrogens is 330 g/mol. The molecule has 25 heavy (non-hydrogen) atoms. The molecule has 0 bridgehead atoms. The molecule has 0 atom stereocenters. The fourth-order valence-corrected chi connectivity index (χ4v) is 3.03. The molecular formula is C19H26F2O4. The first-order chi connectivity index (χ1) is 12.1. The van der Waals surface area contributed by atoms with E-state index < -0.39 is 18.5 Å². The summed E-state index contributed by atoms with van der Waals surface area (Å²) in [7, 11) is 0. The second kappa shape index (κ2) is 10.5. The number of halogens is 2. The van der Waals surface area contributed by atoms with Crippen LogP contribution in [0.15, 0.2) is 37.0 Å². The van der Waals surface area contributed by atoms with Crippen molar-refractivity contribution in [3.8, 4) is 0 Å². The van der Waals surface area contributed by atoms with E-state index in [2.05, 4.69) is 24.8 Å². The van der Waals surface area contributed by atoms with E-state index in [-0.39, 0.29) is 18.8 Å². The van der Waals surface area contributed by atoms with Crippen molar-refractivity contribution in [3.63, 3.8) is 0 Å². The van der Waals surface area contributed by atoms with Crippen LogP contribution < -0.4 is 0 Å². The molecule has 1 aliphatic carbocycles. The minimum atomic E-state index is -1.80. The first kappa shape index (κ1) is 19.8. The molecule has 0 spiro atoms. The van der Waals surface area contributed by atoms with Gasteiger partial charge in [-0.15, -0.1) is 6.58 Å². The summed E-state index contributed by atoms with van der Waals surface area (Å²) in [5, 5.41) is 0. The van der Waals surface area contributed by atoms with Gasteiger partial charge in [-0.3, -0.25) is 4.79 Å². The SMILES string of the molecule is C=CC1CCC(/C=C/C2COC(OC(=O)CCC=C(F)F)OC2)CC1. The third kappa shape index (κ3) is 7.48. The van der Waals surface area contributed by atoms with E-state index in [1.807, 2.05) is 0 Å². The van der Waals surface area contributed by atoms with Crippen LogP contribution in [0.1, 0.15) is 38.5 Å². The average molecular weight is 356 g/mol. The molecule has 1 saturated carbocycles. The normalized spacial score (nSPS) is 30.0. The Labute approximate surface area is 147 Å². The van der Waals surface area contributed by atoms with Gasteiger partial charge in [0, 0.05) is 12.3 Å². The lowest BCUT2D eigenvalue weighted by molar-refractivity contribution is -0.304. The van der Waals surface area contributed by atoms with Crippen LogP contribution in [-0.2, 0) is 19.0 Å². The summed E-state index contributed by atoms with van der Waals surface area (Å²) in [6.07, 6.45) is 9.83. The second-order valence-corrected chi connectivity index (χ2v) is 6.53. The number of rotatable bonds is 7. The van der Waals surface area contributed by atoms with Crippen molar-refractivity contribution >= 4 is 5.97 Å². The molecule has 0 aromatic carbocycles. The third-order valence-corrected chi connectivity index (χ3v) is 4.57. The fourth-order valence-electron chi connectivity index (χ4n) is 3.03. The Balaban J connectivity index is 1.62. The highest BCUT2D eigenvalue weighted by atomic mass is 19.3. The number of hydrogen-bond acceptors (Lipinski definition) is 4. The van der Waals surface area contributed by atoms with Crippen LogP contribution in [0.3, 0.4) is 0 Å². The minimum absolute atomic E-state index is 0.0622. The van der Waals surface area contributed by atoms with Crippen LogP contribution in [0.5, 0.6) is 0 Å². The summed E-state index contributed by atoms with van der Waals surface area (Å²) >= 11 is 0. The van der Waals surface area contributed by atoms with Gasteiger partial charge >= 0.3 is 12.4 Å². The standard InChI is InChI=1S/C19H26F2O4/c1-2-14-6-8-15(9-7-14)10-11-16-12-23-19(24-13-16)25-18(22)5-3-4-17(20)21/h2,4,10-11,14-16,19H,1,3,5-9,12-13H2/b11-10+. The largest absolute Gasteiger partial charge is 0.410 e. The predicted octanol–water partition coefficient (Wildman–Crippen LogP) is 4.59. The number of esters is 1. The zero-order valence-electron chi connectivity index (χ0n) is 14.4. The van der Waals surface area contributed by atoms with E-state index in [9.17, 15) is 13.6 Å². The molecule has 0 radical (unpaired) electrons. The van der Waals surface area contributed by atoms with Crippen molar-refractivity contribution in [2.75, 3.05) is 13.2 Å². The number of carbonyl (C=O) groups excluding carboxylic acids is 1. The number of hydrogen-bond donors (Lipinski definition) is 0. The monoisotopic (exact) mass is 356 g/mol. The molecule has 0 aromatic rings. The molecule has 0 N–H and O–H groups in total. The Bertz CT molecular complexity index is 484. The summed E-state index contributed by atoms with van der Waals surface area (Å²) < 4.78 is 39.4. The summed E-state index contributed by atoms with van der Waals surface area (Å²) in [5.74, 6) is 0.764. The van der Waals surface area contributed by atoms with E-state index in [1.165, 1.54) is 25.7 Å². The highest BCUT2D eigenvalue weighted by Crippen LogP contribution is 2.30. The van der Waals surface area contributed by atoms with Gasteiger partial charge in [-0.2, -0.15) is 8.78 Å². The highest BCUT2D eigenvalue weighted by molar-refractivity contribution is 5.69. The highest BCUT2D eigenvalue weighted by Gasteiger charge is 2.24. The summed E-state index contributed by atoms with van der Waals surface area (Å²) in [6, 6.07) is 0. The van der Waals surface area contributed by atoms with E-state index in [4.69, 9.17) is 14.2 Å². The lowest BCUT2D eigenvalue weighted by Gasteiger charge is -2.28. The molecule has 2 fully saturated rings. The zero-order valence-corrected chi connectivity index (χ0v) is 14.4. The van der Waals surface area contributed by atoms with Gasteiger partial charge in [-0.25, -0.2) is 0 Å². The lowest BCUT2D eigenvalue weighted by Crippen LogP contribution is -2.34. The molecule has 1 heterocycles. The van der Waals surface area contributed by atoms with Crippen molar-refractivity contribution in [3.05, 3.63) is 37.0 Å². The van der Waals surface area contributed by atoms with Crippen LogP contribution in [0, 0.1) is 17.8 Å². The van der Waals surface area contributed by atoms with Crippen molar-refractivity contribution in [2.45, 2.75) is 45.0 Å². The summed E-state index contributed by atoms with van der Waals surface area (Å²) in [5.41, 5.74) is 0. The zero-order chi connectivity index (χ0) is 18.1. The minimum Gasteiger partial charge on any atom is -0.410 e. The molecule has 0 aromatic heterocycles. The van der Waals surface area contributed by atoms with Gasteiger partial charge in [-0.05, 0) is 50.0 Å². The molecule has 140 valence electrons. The van der Waals surface area contributed by atoms with E-state index in [0.717, 1.165) is 0 Å². The van der Waals surface area contributed by atoms with Gasteiger partial charge in [0.1, 0.15) is 0 Å². The van der Waals surface area contributed by atoms with Crippen LogP contribution in [-0.4, -0.2) is 25.7 Å². The topological polar surface area (TPSA) is 44.8 Å². The Morgan fingerprint density at radius 3 is 2.24 bits per heavy atom. The molecule has 0 amide bonds. The maximum Gasteiger partial charge on any atom is 0.318 e. The van der Waals surface area contributed by atoms with Crippen molar-refractivity contribution < 1.29 is 27.8 Å². The predicted molar refractivity (Wildman–Crippen MR) is 89.6 cm³/mol. The molecule has 2 rings (SSSR count). The number of allylic oxidation sites excluding steroid dienone is 3. The van der Waals surface area contributed by atoms with Crippen molar-refractivity contribution in [1.29, 1.82) is 0 Å². The van der Waals surface area contributed by atoms with E-state index >= 15 is 0 Å². The van der Waals surface area contributed by atoms with Gasteiger partial charge in [0.25, 0.3) is 6.08 Å². The summed E-state index contributed by atoms with van der Waals surface area (Å²) in [6.45, 7) is 3.64.